The summed E-state index contributed by atoms with van der Waals surface area (Å²) in [4.78, 5) is 7.42. The molecular formula is C14H19N3OS. The molecule has 19 heavy (non-hydrogen) atoms. The molecule has 0 atom stereocenters. The van der Waals surface area contributed by atoms with Gasteiger partial charge in [0.1, 0.15) is 12.4 Å². The van der Waals surface area contributed by atoms with Crippen LogP contribution in [0, 0.1) is 6.92 Å². The van der Waals surface area contributed by atoms with Crippen molar-refractivity contribution >= 4 is 16.5 Å². The summed E-state index contributed by atoms with van der Waals surface area (Å²) in [7, 11) is 2.06. The van der Waals surface area contributed by atoms with Gasteiger partial charge in [-0.3, -0.25) is 4.90 Å². The summed E-state index contributed by atoms with van der Waals surface area (Å²) in [5, 5.41) is 0.624. The van der Waals surface area contributed by atoms with Gasteiger partial charge in [-0.1, -0.05) is 12.1 Å². The Hall–Kier alpha value is -1.59. The molecule has 0 fully saturated rings. The molecule has 2 N–H and O–H groups in total. The van der Waals surface area contributed by atoms with Crippen molar-refractivity contribution in [2.24, 2.45) is 0 Å². The van der Waals surface area contributed by atoms with E-state index < -0.39 is 0 Å². The maximum Gasteiger partial charge on any atom is 0.180 e. The molecule has 2 aromatic rings. The molecule has 1 aromatic carbocycles. The van der Waals surface area contributed by atoms with Crippen molar-refractivity contribution < 1.29 is 4.74 Å². The highest BCUT2D eigenvalue weighted by Crippen LogP contribution is 2.16. The first-order valence-electron chi connectivity index (χ1n) is 6.21. The summed E-state index contributed by atoms with van der Waals surface area (Å²) in [6.07, 6.45) is 1.83. The lowest BCUT2D eigenvalue weighted by Gasteiger charge is -2.15. The lowest BCUT2D eigenvalue weighted by atomic mass is 10.2. The number of aromatic nitrogens is 1. The number of rotatable bonds is 6. The molecule has 0 saturated heterocycles. The molecule has 1 heterocycles. The number of anilines is 1. The Labute approximate surface area is 117 Å². The van der Waals surface area contributed by atoms with Crippen LogP contribution in [0.2, 0.25) is 0 Å². The van der Waals surface area contributed by atoms with Gasteiger partial charge in [-0.05, 0) is 31.7 Å². The number of aryl methyl sites for hydroxylation is 1. The third kappa shape index (κ3) is 4.54. The van der Waals surface area contributed by atoms with E-state index in [9.17, 15) is 0 Å². The molecular weight excluding hydrogens is 258 g/mol. The molecule has 0 aliphatic heterocycles. The van der Waals surface area contributed by atoms with Crippen molar-refractivity contribution in [1.29, 1.82) is 0 Å². The van der Waals surface area contributed by atoms with Crippen LogP contribution in [0.5, 0.6) is 5.75 Å². The van der Waals surface area contributed by atoms with Crippen molar-refractivity contribution in [3.05, 3.63) is 40.9 Å². The van der Waals surface area contributed by atoms with E-state index in [1.165, 1.54) is 21.8 Å². The van der Waals surface area contributed by atoms with Crippen LogP contribution < -0.4 is 10.5 Å². The number of nitrogen functional groups attached to an aromatic ring is 1. The standard InChI is InChI=1S/C14H19N3OS/c1-11-4-3-5-12(8-11)18-7-6-17(2)10-13-9-16-14(15)19-13/h3-5,8-9H,6-7,10H2,1-2H3,(H2,15,16). The number of likely N-dealkylation sites (N-methyl/N-ethyl adjacent to an activating group) is 1. The van der Waals surface area contributed by atoms with Gasteiger partial charge in [0.25, 0.3) is 0 Å². The number of thiazole rings is 1. The fourth-order valence-corrected chi connectivity index (χ4v) is 2.53. The zero-order valence-electron chi connectivity index (χ0n) is 11.3. The van der Waals surface area contributed by atoms with Crippen LogP contribution in [0.3, 0.4) is 0 Å². The third-order valence-electron chi connectivity index (χ3n) is 2.73. The van der Waals surface area contributed by atoms with E-state index in [-0.39, 0.29) is 0 Å². The van der Waals surface area contributed by atoms with Crippen molar-refractivity contribution in [1.82, 2.24) is 9.88 Å². The van der Waals surface area contributed by atoms with Crippen LogP contribution in [0.15, 0.2) is 30.5 Å². The average Bonchev–Trinajstić information content (AvgIpc) is 2.75. The highest BCUT2D eigenvalue weighted by molar-refractivity contribution is 7.15. The fraction of sp³-hybridized carbons (Fsp3) is 0.357. The number of hydrogen-bond donors (Lipinski definition) is 1. The minimum Gasteiger partial charge on any atom is -0.492 e. The minimum absolute atomic E-state index is 0.624. The molecule has 5 heteroatoms. The van der Waals surface area contributed by atoms with Crippen LogP contribution >= 0.6 is 11.3 Å². The van der Waals surface area contributed by atoms with E-state index in [2.05, 4.69) is 29.9 Å². The van der Waals surface area contributed by atoms with E-state index in [0.717, 1.165) is 18.8 Å². The number of ether oxygens (including phenoxy) is 1. The zero-order valence-corrected chi connectivity index (χ0v) is 12.1. The number of hydrogen-bond acceptors (Lipinski definition) is 5. The van der Waals surface area contributed by atoms with Gasteiger partial charge in [0.2, 0.25) is 0 Å². The second-order valence-electron chi connectivity index (χ2n) is 4.57. The second-order valence-corrected chi connectivity index (χ2v) is 5.71. The largest absolute Gasteiger partial charge is 0.492 e. The van der Waals surface area contributed by atoms with Crippen molar-refractivity contribution in [2.75, 3.05) is 25.9 Å². The quantitative estimate of drug-likeness (QED) is 0.881. The molecule has 0 aliphatic carbocycles. The summed E-state index contributed by atoms with van der Waals surface area (Å²) in [6.45, 7) is 4.46. The second kappa shape index (κ2) is 6.54. The maximum absolute atomic E-state index is 5.72. The topological polar surface area (TPSA) is 51.4 Å². The minimum atomic E-state index is 0.624. The number of nitrogens with zero attached hydrogens (tertiary/aromatic N) is 2. The Kier molecular flexibility index (Phi) is 4.76. The van der Waals surface area contributed by atoms with Crippen LogP contribution in [-0.4, -0.2) is 30.1 Å². The fourth-order valence-electron chi connectivity index (χ4n) is 1.77. The lowest BCUT2D eigenvalue weighted by molar-refractivity contribution is 0.234. The highest BCUT2D eigenvalue weighted by atomic mass is 32.1. The van der Waals surface area contributed by atoms with Crippen LogP contribution in [-0.2, 0) is 6.54 Å². The molecule has 0 aliphatic rings. The Morgan fingerprint density at radius 2 is 2.26 bits per heavy atom. The molecule has 0 radical (unpaired) electrons. The van der Waals surface area contributed by atoms with E-state index in [1.807, 2.05) is 24.4 Å². The first kappa shape index (κ1) is 13.8. The van der Waals surface area contributed by atoms with Gasteiger partial charge < -0.3 is 10.5 Å². The number of benzene rings is 1. The van der Waals surface area contributed by atoms with Gasteiger partial charge in [-0.25, -0.2) is 4.98 Å². The van der Waals surface area contributed by atoms with E-state index >= 15 is 0 Å². The molecule has 4 nitrogen and oxygen atoms in total. The SMILES string of the molecule is Cc1cccc(OCCN(C)Cc2cnc(N)s2)c1. The maximum atomic E-state index is 5.72. The van der Waals surface area contributed by atoms with Gasteiger partial charge in [0.15, 0.2) is 5.13 Å². The molecule has 0 bridgehead atoms. The lowest BCUT2D eigenvalue weighted by Crippen LogP contribution is -2.23. The molecule has 102 valence electrons. The highest BCUT2D eigenvalue weighted by Gasteiger charge is 2.04. The Morgan fingerprint density at radius 1 is 1.42 bits per heavy atom. The summed E-state index contributed by atoms with van der Waals surface area (Å²) >= 11 is 1.53. The summed E-state index contributed by atoms with van der Waals surface area (Å²) in [6, 6.07) is 8.10. The first-order chi connectivity index (χ1) is 9.13. The van der Waals surface area contributed by atoms with E-state index in [0.29, 0.717) is 11.7 Å². The van der Waals surface area contributed by atoms with Crippen LogP contribution in [0.25, 0.3) is 0 Å². The monoisotopic (exact) mass is 277 g/mol. The predicted molar refractivity (Wildman–Crippen MR) is 79.5 cm³/mol. The summed E-state index contributed by atoms with van der Waals surface area (Å²) < 4.78 is 5.72. The van der Waals surface area contributed by atoms with Crippen molar-refractivity contribution in [3.63, 3.8) is 0 Å². The molecule has 0 spiro atoms. The van der Waals surface area contributed by atoms with Crippen molar-refractivity contribution in [2.45, 2.75) is 13.5 Å². The zero-order chi connectivity index (χ0) is 13.7. The van der Waals surface area contributed by atoms with E-state index in [1.54, 1.807) is 0 Å². The van der Waals surface area contributed by atoms with Crippen LogP contribution in [0.4, 0.5) is 5.13 Å². The van der Waals surface area contributed by atoms with Gasteiger partial charge in [0, 0.05) is 24.2 Å². The predicted octanol–water partition coefficient (Wildman–Crippen LogP) is 2.54. The smallest absolute Gasteiger partial charge is 0.180 e. The Balaban J connectivity index is 1.73. The van der Waals surface area contributed by atoms with Gasteiger partial charge >= 0.3 is 0 Å². The first-order valence-corrected chi connectivity index (χ1v) is 7.03. The molecule has 0 saturated carbocycles. The van der Waals surface area contributed by atoms with Gasteiger partial charge in [-0.15, -0.1) is 11.3 Å². The van der Waals surface area contributed by atoms with Crippen LogP contribution in [0.1, 0.15) is 10.4 Å². The van der Waals surface area contributed by atoms with Gasteiger partial charge in [0.05, 0.1) is 0 Å². The van der Waals surface area contributed by atoms with Gasteiger partial charge in [-0.2, -0.15) is 0 Å². The summed E-state index contributed by atoms with van der Waals surface area (Å²) in [5.41, 5.74) is 6.82. The normalized spacial score (nSPS) is 10.9. The van der Waals surface area contributed by atoms with E-state index in [4.69, 9.17) is 10.5 Å². The average molecular weight is 277 g/mol. The third-order valence-corrected chi connectivity index (χ3v) is 3.54. The Morgan fingerprint density at radius 3 is 2.95 bits per heavy atom. The van der Waals surface area contributed by atoms with Crippen molar-refractivity contribution in [3.8, 4) is 5.75 Å². The Bertz CT molecular complexity index is 527. The number of nitrogens with two attached hydrogens (primary N) is 1. The molecule has 1 aromatic heterocycles. The summed E-state index contributed by atoms with van der Waals surface area (Å²) in [5.74, 6) is 0.926. The molecule has 0 unspecified atom stereocenters. The molecule has 2 rings (SSSR count). The molecule has 0 amide bonds.